The summed E-state index contributed by atoms with van der Waals surface area (Å²) >= 11 is 0. The van der Waals surface area contributed by atoms with Gasteiger partial charge in [0.05, 0.1) is 98.6 Å². The van der Waals surface area contributed by atoms with Crippen molar-refractivity contribution in [2.45, 2.75) is 413 Å². The van der Waals surface area contributed by atoms with E-state index < -0.39 is 29.0 Å². The first-order valence-corrected chi connectivity index (χ1v) is 57.8. The van der Waals surface area contributed by atoms with Crippen LogP contribution in [0.25, 0.3) is 0 Å². The van der Waals surface area contributed by atoms with E-state index in [9.17, 15) is 61.3 Å². The van der Waals surface area contributed by atoms with Crippen molar-refractivity contribution in [1.29, 1.82) is 0 Å². The Hall–Kier alpha value is 0.960. The summed E-state index contributed by atoms with van der Waals surface area (Å²) in [5.41, 5.74) is 0. The lowest BCUT2D eigenvalue weighted by Gasteiger charge is -2.27. The Bertz CT molecular complexity index is 1310. The van der Waals surface area contributed by atoms with Crippen molar-refractivity contribution in [3.63, 3.8) is 0 Å². The minimum absolute atomic E-state index is 0. The summed E-state index contributed by atoms with van der Waals surface area (Å²) in [7, 11) is -4.42. The fourth-order valence-corrected chi connectivity index (χ4v) is 35.4. The Morgan fingerprint density at radius 3 is 0.259 bits per heavy atom. The van der Waals surface area contributed by atoms with Crippen LogP contribution in [0.3, 0.4) is 0 Å². The van der Waals surface area contributed by atoms with Gasteiger partial charge in [-0.3, -0.25) is 0 Å². The van der Waals surface area contributed by atoms with E-state index in [1.54, 1.807) is 0 Å². The van der Waals surface area contributed by atoms with Gasteiger partial charge in [0.15, 0.2) is 0 Å². The predicted molar refractivity (Wildman–Crippen MR) is 490 cm³/mol. The Balaban J connectivity index is -0.000000212. The normalized spacial score (nSPS) is 11.6. The molecule has 0 aliphatic rings. The van der Waals surface area contributed by atoms with Crippen molar-refractivity contribution in [3.05, 3.63) is 0 Å². The Labute approximate surface area is 696 Å². The molecule has 0 fully saturated rings. The molecule has 0 spiro atoms. The summed E-state index contributed by atoms with van der Waals surface area (Å²) in [5.74, 6) is 0. The highest BCUT2D eigenvalue weighted by molar-refractivity contribution is 7.76. The van der Waals surface area contributed by atoms with Crippen molar-refractivity contribution >= 4 is 29.0 Å². The number of halogens is 4. The molecule has 0 radical (unpaired) electrons. The topological polar surface area (TPSA) is 243 Å². The van der Waals surface area contributed by atoms with Gasteiger partial charge in [-0.2, -0.15) is 0 Å². The molecule has 0 aliphatic carbocycles. The number of unbranched alkanes of at least 4 members (excludes halogenated alkanes) is 44. The summed E-state index contributed by atoms with van der Waals surface area (Å²) < 4.78 is 0. The highest BCUT2D eigenvalue weighted by atomic mass is 31.2. The van der Waals surface area contributed by atoms with Crippen LogP contribution in [0.15, 0.2) is 0 Å². The highest BCUT2D eigenvalue weighted by Gasteiger charge is 2.38. The fourth-order valence-electron chi connectivity index (χ4n) is 16.7. The van der Waals surface area contributed by atoms with Crippen LogP contribution in [0.1, 0.15) is 413 Å². The van der Waals surface area contributed by atoms with E-state index in [-0.39, 0.29) is 98.1 Å². The molecule has 0 aromatic rings. The van der Waals surface area contributed by atoms with E-state index in [2.05, 4.69) is 27.7 Å². The third kappa shape index (κ3) is 91.7. The van der Waals surface area contributed by atoms with Crippen molar-refractivity contribution in [2.75, 3.05) is 178 Å². The van der Waals surface area contributed by atoms with E-state index in [1.165, 1.54) is 333 Å². The number of hydrogen-bond acceptors (Lipinski definition) is 12. The van der Waals surface area contributed by atoms with Gasteiger partial charge in [-0.1, -0.05) is 285 Å². The van der Waals surface area contributed by atoms with E-state index in [0.29, 0.717) is 0 Å². The highest BCUT2D eigenvalue weighted by Crippen LogP contribution is 2.63. The number of aliphatic hydroxyl groups is 12. The average molecular weight is 1700 g/mol. The monoisotopic (exact) mass is 1700 g/mol. The molecular weight excluding hydrogens is 1500 g/mol. The molecule has 112 heavy (non-hydrogen) atoms. The Morgan fingerprint density at radius 2 is 0.179 bits per heavy atom. The molecule has 0 amide bonds. The van der Waals surface area contributed by atoms with Gasteiger partial charge >= 0.3 is 0 Å². The molecule has 0 heterocycles. The Kier molecular flexibility index (Phi) is 124. The quantitative estimate of drug-likeness (QED) is 0.0155. The van der Waals surface area contributed by atoms with Crippen molar-refractivity contribution in [3.8, 4) is 0 Å². The molecule has 0 unspecified atom stereocenters. The summed E-state index contributed by atoms with van der Waals surface area (Å²) in [4.78, 5) is 0. The van der Waals surface area contributed by atoms with E-state index >= 15 is 0 Å². The van der Waals surface area contributed by atoms with Gasteiger partial charge in [0.2, 0.25) is 0 Å². The number of aliphatic hydroxyl groups excluding tert-OH is 12. The van der Waals surface area contributed by atoms with E-state index in [1.807, 2.05) is 0 Å². The molecule has 0 bridgehead atoms. The summed E-state index contributed by atoms with van der Waals surface area (Å²) in [5, 5.41) is 111. The van der Waals surface area contributed by atoms with Crippen LogP contribution >= 0.6 is 29.0 Å². The zero-order valence-corrected chi connectivity index (χ0v) is 78.5. The third-order valence-corrected chi connectivity index (χ3v) is 43.7. The van der Waals surface area contributed by atoms with Crippen molar-refractivity contribution in [1.82, 2.24) is 0 Å². The molecule has 688 valence electrons. The lowest BCUT2D eigenvalue weighted by atomic mass is 10.1. The number of rotatable bonds is 88. The van der Waals surface area contributed by atoms with E-state index in [4.69, 9.17) is 0 Å². The zero-order valence-electron chi connectivity index (χ0n) is 74.9. The SMILES string of the molecule is CCCCCCCCCCCCCC[P+](CCCO)(CCCO)CCCO.CCCCCCCCCCCCCC[P+](CCCO)(CCCO)CCCO.CCCCCCCCCCCCCC[P+](CCCO)(CCCO)CCCO.CCCCCCCCCCCCCC[P+](CCCO)(CCCO)CCCO.[F-].[F-].[F-].[F-]. The molecule has 0 aliphatic heterocycles. The predicted octanol–water partition coefficient (Wildman–Crippen LogP) is 11.4. The lowest BCUT2D eigenvalue weighted by Crippen LogP contribution is -3.00. The molecule has 0 atom stereocenters. The smallest absolute Gasteiger partial charge is 0.0616 e. The first-order valence-electron chi connectivity index (χ1n) is 47.7. The molecule has 0 saturated heterocycles. The fraction of sp³-hybridized carbons (Fsp3) is 1.00. The molecule has 0 rings (SSSR count). The first-order chi connectivity index (χ1) is 53.0. The molecule has 12 nitrogen and oxygen atoms in total. The average Bonchev–Trinajstić information content (AvgIpc) is 0.897. The van der Waals surface area contributed by atoms with Gasteiger partial charge in [-0.05, 0) is 51.4 Å². The van der Waals surface area contributed by atoms with Crippen LogP contribution < -0.4 is 18.8 Å². The maximum absolute atomic E-state index is 9.27. The van der Waals surface area contributed by atoms with Crippen molar-refractivity contribution in [2.24, 2.45) is 0 Å². The summed E-state index contributed by atoms with van der Waals surface area (Å²) in [6.07, 6.45) is 96.0. The van der Waals surface area contributed by atoms with Gasteiger partial charge < -0.3 is 80.1 Å². The summed E-state index contributed by atoms with van der Waals surface area (Å²) in [6, 6.07) is 0. The maximum atomic E-state index is 9.27. The molecule has 0 saturated carbocycles. The standard InChI is InChI=1S/4C23H50O3P.4FH/c4*1-2-3-4-5-6-7-8-9-10-11-12-13-20-27(21-14-17-24,22-15-18-25)23-16-19-26;;;;/h4*24-26H,2-23H2,1H3;4*1H/q4*+1;;;;/p-4. The first kappa shape index (κ1) is 129. The van der Waals surface area contributed by atoms with Crippen LogP contribution in [0.5, 0.6) is 0 Å². The second-order valence-corrected chi connectivity index (χ2v) is 51.3. The maximum Gasteiger partial charge on any atom is 0.0616 e. The van der Waals surface area contributed by atoms with Crippen LogP contribution in [0.2, 0.25) is 0 Å². The second-order valence-electron chi connectivity index (χ2n) is 33.4. The molecular formula is C92H200F4O12P4. The largest absolute Gasteiger partial charge is 1.00 e. The Morgan fingerprint density at radius 1 is 0.107 bits per heavy atom. The molecule has 0 aromatic carbocycles. The molecule has 20 heteroatoms. The summed E-state index contributed by atoms with van der Waals surface area (Å²) in [6.45, 7) is 12.4. The van der Waals surface area contributed by atoms with Gasteiger partial charge in [-0.15, -0.1) is 0 Å². The molecule has 12 N–H and O–H groups in total. The van der Waals surface area contributed by atoms with Crippen LogP contribution in [0.4, 0.5) is 0 Å². The van der Waals surface area contributed by atoms with Crippen LogP contribution in [-0.2, 0) is 0 Å². The van der Waals surface area contributed by atoms with Gasteiger partial charge in [0, 0.05) is 185 Å². The minimum Gasteiger partial charge on any atom is -1.00 e. The van der Waals surface area contributed by atoms with Gasteiger partial charge in [0.25, 0.3) is 0 Å². The second kappa shape index (κ2) is 108. The van der Waals surface area contributed by atoms with Gasteiger partial charge in [-0.25, -0.2) is 0 Å². The lowest BCUT2D eigenvalue weighted by molar-refractivity contribution is -0.00100. The van der Waals surface area contributed by atoms with Crippen LogP contribution in [-0.4, -0.2) is 239 Å². The minimum atomic E-state index is -1.11. The zero-order chi connectivity index (χ0) is 80.2. The van der Waals surface area contributed by atoms with Gasteiger partial charge in [0.1, 0.15) is 0 Å². The third-order valence-electron chi connectivity index (χ3n) is 23.4. The molecule has 0 aromatic heterocycles. The van der Waals surface area contributed by atoms with E-state index in [0.717, 1.165) is 151 Å². The van der Waals surface area contributed by atoms with Crippen molar-refractivity contribution < 1.29 is 80.1 Å². The number of hydrogen-bond donors (Lipinski definition) is 12. The van der Waals surface area contributed by atoms with Crippen LogP contribution in [0, 0.1) is 0 Å².